The molecule has 3 nitrogen and oxygen atoms in total. The van der Waals surface area contributed by atoms with Crippen LogP contribution in [0.2, 0.25) is 0 Å². The first-order valence-corrected chi connectivity index (χ1v) is 7.18. The van der Waals surface area contributed by atoms with Crippen LogP contribution in [0.25, 0.3) is 0 Å². The summed E-state index contributed by atoms with van der Waals surface area (Å²) in [5.74, 6) is -0.224. The van der Waals surface area contributed by atoms with Crippen molar-refractivity contribution in [2.24, 2.45) is 0 Å². The maximum absolute atomic E-state index is 12.9. The van der Waals surface area contributed by atoms with Gasteiger partial charge in [-0.3, -0.25) is 0 Å². The molecule has 1 aromatic carbocycles. The van der Waals surface area contributed by atoms with Gasteiger partial charge in [-0.25, -0.2) is 9.37 Å². The Morgan fingerprint density at radius 3 is 2.68 bits per heavy atom. The lowest BCUT2D eigenvalue weighted by atomic mass is 10.2. The maximum Gasteiger partial charge on any atom is 0.189 e. The molecule has 1 atom stereocenters. The van der Waals surface area contributed by atoms with Gasteiger partial charge in [0.1, 0.15) is 5.82 Å². The van der Waals surface area contributed by atoms with E-state index in [1.54, 1.807) is 23.5 Å². The third kappa shape index (κ3) is 3.30. The number of halogens is 1. The van der Waals surface area contributed by atoms with Crippen LogP contribution in [-0.4, -0.2) is 18.6 Å². The van der Waals surface area contributed by atoms with Gasteiger partial charge in [0.05, 0.1) is 5.69 Å². The fourth-order valence-electron chi connectivity index (χ4n) is 1.82. The number of nitrogens with one attached hydrogen (secondary N) is 1. The van der Waals surface area contributed by atoms with E-state index in [2.05, 4.69) is 29.5 Å². The minimum Gasteiger partial charge on any atom is -0.321 e. The van der Waals surface area contributed by atoms with E-state index in [0.717, 1.165) is 23.1 Å². The van der Waals surface area contributed by atoms with Crippen LogP contribution in [0, 0.1) is 5.82 Å². The van der Waals surface area contributed by atoms with E-state index in [9.17, 15) is 4.39 Å². The molecular weight excluding hydrogens is 261 g/mol. The minimum atomic E-state index is -0.224. The van der Waals surface area contributed by atoms with Crippen molar-refractivity contribution in [1.82, 2.24) is 10.3 Å². The van der Waals surface area contributed by atoms with E-state index in [1.165, 1.54) is 12.1 Å². The average molecular weight is 279 g/mol. The minimum absolute atomic E-state index is 0.224. The average Bonchev–Trinajstić information content (AvgIpc) is 2.89. The van der Waals surface area contributed by atoms with Crippen LogP contribution in [0.3, 0.4) is 0 Å². The molecule has 0 saturated heterocycles. The third-order valence-corrected chi connectivity index (χ3v) is 3.90. The summed E-state index contributed by atoms with van der Waals surface area (Å²) in [6.07, 6.45) is 0. The van der Waals surface area contributed by atoms with Crippen molar-refractivity contribution < 1.29 is 4.39 Å². The number of thiazole rings is 1. The summed E-state index contributed by atoms with van der Waals surface area (Å²) in [4.78, 5) is 6.58. The molecule has 0 saturated carbocycles. The summed E-state index contributed by atoms with van der Waals surface area (Å²) in [6, 6.07) is 6.67. The molecule has 1 aromatic heterocycles. The Morgan fingerprint density at radius 1 is 1.37 bits per heavy atom. The van der Waals surface area contributed by atoms with E-state index in [0.29, 0.717) is 0 Å². The van der Waals surface area contributed by atoms with Gasteiger partial charge in [0.2, 0.25) is 0 Å². The SMILES string of the molecule is CCNC(C)c1csc(N(C)c2ccc(F)cc2)n1. The number of aromatic nitrogens is 1. The zero-order valence-electron chi connectivity index (χ0n) is 11.4. The Bertz CT molecular complexity index is 524. The van der Waals surface area contributed by atoms with E-state index in [-0.39, 0.29) is 11.9 Å². The highest BCUT2D eigenvalue weighted by molar-refractivity contribution is 7.13. The molecule has 0 aliphatic carbocycles. The van der Waals surface area contributed by atoms with Gasteiger partial charge < -0.3 is 10.2 Å². The third-order valence-electron chi connectivity index (χ3n) is 2.96. The molecule has 2 aromatic rings. The Labute approximate surface area is 117 Å². The summed E-state index contributed by atoms with van der Waals surface area (Å²) in [5.41, 5.74) is 1.97. The zero-order valence-corrected chi connectivity index (χ0v) is 12.2. The number of hydrogen-bond acceptors (Lipinski definition) is 4. The van der Waals surface area contributed by atoms with E-state index in [4.69, 9.17) is 0 Å². The highest BCUT2D eigenvalue weighted by Crippen LogP contribution is 2.28. The molecule has 0 radical (unpaired) electrons. The van der Waals surface area contributed by atoms with Gasteiger partial charge in [0.15, 0.2) is 5.13 Å². The Morgan fingerprint density at radius 2 is 2.05 bits per heavy atom. The first-order chi connectivity index (χ1) is 9.11. The highest BCUT2D eigenvalue weighted by atomic mass is 32.1. The van der Waals surface area contributed by atoms with Crippen LogP contribution < -0.4 is 10.2 Å². The van der Waals surface area contributed by atoms with Gasteiger partial charge in [-0.05, 0) is 37.7 Å². The molecule has 102 valence electrons. The number of benzene rings is 1. The lowest BCUT2D eigenvalue weighted by Crippen LogP contribution is -2.18. The number of anilines is 2. The zero-order chi connectivity index (χ0) is 13.8. The number of hydrogen-bond donors (Lipinski definition) is 1. The summed E-state index contributed by atoms with van der Waals surface area (Å²) in [7, 11) is 1.94. The monoisotopic (exact) mass is 279 g/mol. The van der Waals surface area contributed by atoms with Crippen molar-refractivity contribution in [3.8, 4) is 0 Å². The van der Waals surface area contributed by atoms with Gasteiger partial charge >= 0.3 is 0 Å². The standard InChI is InChI=1S/C14H18FN3S/c1-4-16-10(2)13-9-19-14(17-13)18(3)12-7-5-11(15)6-8-12/h5-10,16H,4H2,1-3H3. The molecule has 0 bridgehead atoms. The normalized spacial score (nSPS) is 12.4. The second-order valence-electron chi connectivity index (χ2n) is 4.37. The second-order valence-corrected chi connectivity index (χ2v) is 5.21. The topological polar surface area (TPSA) is 28.2 Å². The van der Waals surface area contributed by atoms with Crippen LogP contribution >= 0.6 is 11.3 Å². The predicted octanol–water partition coefficient (Wildman–Crippen LogP) is 3.72. The molecule has 5 heteroatoms. The van der Waals surface area contributed by atoms with Crippen molar-refractivity contribution in [3.63, 3.8) is 0 Å². The molecule has 0 fully saturated rings. The molecule has 1 N–H and O–H groups in total. The molecule has 19 heavy (non-hydrogen) atoms. The molecule has 0 amide bonds. The molecule has 0 aliphatic rings. The summed E-state index contributed by atoms with van der Waals surface area (Å²) in [5, 5.41) is 6.30. The van der Waals surface area contributed by atoms with E-state index < -0.39 is 0 Å². The Balaban J connectivity index is 2.15. The van der Waals surface area contributed by atoms with Gasteiger partial charge in [-0.15, -0.1) is 11.3 Å². The van der Waals surface area contributed by atoms with Crippen LogP contribution in [0.15, 0.2) is 29.6 Å². The van der Waals surface area contributed by atoms with Crippen molar-refractivity contribution in [3.05, 3.63) is 41.2 Å². The van der Waals surface area contributed by atoms with E-state index in [1.807, 2.05) is 11.9 Å². The lowest BCUT2D eigenvalue weighted by molar-refractivity contribution is 0.586. The Hall–Kier alpha value is -1.46. The second kappa shape index (κ2) is 6.12. The highest BCUT2D eigenvalue weighted by Gasteiger charge is 2.12. The van der Waals surface area contributed by atoms with Crippen LogP contribution in [0.4, 0.5) is 15.2 Å². The molecule has 2 rings (SSSR count). The quantitative estimate of drug-likeness (QED) is 0.904. The molecular formula is C14H18FN3S. The van der Waals surface area contributed by atoms with E-state index >= 15 is 0 Å². The van der Waals surface area contributed by atoms with Crippen molar-refractivity contribution in [1.29, 1.82) is 0 Å². The van der Waals surface area contributed by atoms with Crippen LogP contribution in [-0.2, 0) is 0 Å². The van der Waals surface area contributed by atoms with Gasteiger partial charge in [0, 0.05) is 24.2 Å². The van der Waals surface area contributed by atoms with Gasteiger partial charge in [0.25, 0.3) is 0 Å². The van der Waals surface area contributed by atoms with Crippen LogP contribution in [0.1, 0.15) is 25.6 Å². The maximum atomic E-state index is 12.9. The summed E-state index contributed by atoms with van der Waals surface area (Å²) < 4.78 is 12.9. The number of nitrogens with zero attached hydrogens (tertiary/aromatic N) is 2. The van der Waals surface area contributed by atoms with Gasteiger partial charge in [-0.2, -0.15) is 0 Å². The smallest absolute Gasteiger partial charge is 0.189 e. The predicted molar refractivity (Wildman–Crippen MR) is 78.7 cm³/mol. The molecule has 1 heterocycles. The fraction of sp³-hybridized carbons (Fsp3) is 0.357. The number of rotatable bonds is 5. The Kier molecular flexibility index (Phi) is 4.50. The van der Waals surface area contributed by atoms with Gasteiger partial charge in [-0.1, -0.05) is 6.92 Å². The first kappa shape index (κ1) is 14.0. The first-order valence-electron chi connectivity index (χ1n) is 6.30. The van der Waals surface area contributed by atoms with Crippen molar-refractivity contribution in [2.75, 3.05) is 18.5 Å². The van der Waals surface area contributed by atoms with Crippen LogP contribution in [0.5, 0.6) is 0 Å². The van der Waals surface area contributed by atoms with Crippen molar-refractivity contribution in [2.45, 2.75) is 19.9 Å². The summed E-state index contributed by atoms with van der Waals surface area (Å²) in [6.45, 7) is 5.09. The molecule has 0 spiro atoms. The van der Waals surface area contributed by atoms with Crippen molar-refractivity contribution >= 4 is 22.2 Å². The fourth-order valence-corrected chi connectivity index (χ4v) is 2.72. The molecule has 1 unspecified atom stereocenters. The largest absolute Gasteiger partial charge is 0.321 e. The summed E-state index contributed by atoms with van der Waals surface area (Å²) >= 11 is 1.59. The lowest BCUT2D eigenvalue weighted by Gasteiger charge is -2.16. The molecule has 0 aliphatic heterocycles.